The SMILES string of the molecule is CC(C)(C)c1c2c(cc3oc4cccc(-c5ccccc5)c4c13)oc1cccc(-c3ccccc3)c12.CC(C)(C)c1c2c(cc3oc4ccccc4c13)oc1ccccc12.CC(C)(C)c1c2oc3ccccc3c2cc2c1oc1ccccc12.CC(C)(C)c1ccc2c(c1C(C)(C)C)c1ccccc1n2-c1ccccc1.CC(C)(C)c1ccc2oc3ccccc3c2c1C(C)(C)C.CC(C)(C)c1cccc2c1oc1ccccc12. The molecule has 744 valence electrons. The number of hydrogen-bond acceptors (Lipinski definition) is 8. The highest BCUT2D eigenvalue weighted by Crippen LogP contribution is 2.54. The fourth-order valence-electron chi connectivity index (χ4n) is 23.2. The average Bonchev–Trinajstić information content (AvgIpc) is 1.56. The van der Waals surface area contributed by atoms with Crippen LogP contribution in [-0.4, -0.2) is 4.57 Å². The number of benzene rings is 18. The topological polar surface area (TPSA) is 110 Å². The highest BCUT2D eigenvalue weighted by molar-refractivity contribution is 6.25. The largest absolute Gasteiger partial charge is 0.456 e. The van der Waals surface area contributed by atoms with Crippen molar-refractivity contribution in [2.24, 2.45) is 0 Å². The van der Waals surface area contributed by atoms with Crippen LogP contribution in [0.15, 0.2) is 393 Å². The van der Waals surface area contributed by atoms with Crippen LogP contribution in [-0.2, 0) is 43.3 Å². The molecule has 149 heavy (non-hydrogen) atoms. The molecule has 0 amide bonds. The summed E-state index contributed by atoms with van der Waals surface area (Å²) in [6.45, 7) is 54.6. The van der Waals surface area contributed by atoms with Crippen LogP contribution >= 0.6 is 0 Å². The lowest BCUT2D eigenvalue weighted by molar-refractivity contribution is 0.534. The van der Waals surface area contributed by atoms with Gasteiger partial charge in [0.2, 0.25) is 0 Å². The van der Waals surface area contributed by atoms with E-state index >= 15 is 0 Å². The molecular formula is C140H131NO8. The minimum absolute atomic E-state index is 0.0307. The van der Waals surface area contributed by atoms with E-state index < -0.39 is 0 Å². The summed E-state index contributed by atoms with van der Waals surface area (Å²) in [5.41, 5.74) is 34.3. The average molecular weight is 1960 g/mol. The first-order chi connectivity index (χ1) is 71.0. The second-order valence-corrected chi connectivity index (χ2v) is 48.5. The quantitative estimate of drug-likeness (QED) is 0.172. The smallest absolute Gasteiger partial charge is 0.142 e. The Kier molecular flexibility index (Phi) is 24.1. The molecule has 0 atom stereocenters. The van der Waals surface area contributed by atoms with Gasteiger partial charge in [-0.2, -0.15) is 0 Å². The molecule has 0 N–H and O–H groups in total. The van der Waals surface area contributed by atoms with Crippen molar-refractivity contribution >= 4 is 197 Å². The van der Waals surface area contributed by atoms with Crippen LogP contribution in [0.4, 0.5) is 0 Å². The van der Waals surface area contributed by atoms with E-state index in [1.54, 1.807) is 0 Å². The molecule has 9 heteroatoms. The normalized spacial score (nSPS) is 12.7. The fourth-order valence-corrected chi connectivity index (χ4v) is 23.2. The third kappa shape index (κ3) is 17.6. The van der Waals surface area contributed by atoms with Crippen LogP contribution in [0.1, 0.15) is 211 Å². The molecule has 0 saturated carbocycles. The zero-order valence-electron chi connectivity index (χ0n) is 90.3. The maximum atomic E-state index is 6.51. The minimum atomic E-state index is -0.154. The number of aromatic nitrogens is 1. The van der Waals surface area contributed by atoms with E-state index in [9.17, 15) is 0 Å². The van der Waals surface area contributed by atoms with Gasteiger partial charge in [-0.15, -0.1) is 0 Å². The van der Waals surface area contributed by atoms with E-state index in [4.69, 9.17) is 35.3 Å². The van der Waals surface area contributed by atoms with Crippen molar-refractivity contribution in [3.05, 3.63) is 402 Å². The van der Waals surface area contributed by atoms with Gasteiger partial charge in [0.15, 0.2) is 0 Å². The Balaban J connectivity index is 0.000000103. The standard InChI is InChI=1S/C34H26O2.C26H29N.2C22H18O2.C20H24O.C16H16O/c1-34(2,3)33-31-27(35-25-18-10-16-23(29(25)31)21-12-6-4-7-13-21)20-28-32(33)30-24(17-11-19-26(30)36-28)22-14-8-5-9-15-22;1-25(2,3)20-16-17-22-23(24(20)26(4,5)6)19-14-10-11-15-21(19)27(22)18-12-8-7-9-13-18;1-22(2,3)19-20-15(13-8-4-6-10-17(13)23-20)12-16-14-9-5-7-11-18(14)24-21(16)19;1-22(2,3)21-19-13-8-4-6-10-15(13)23-17(19)12-18-20(21)14-9-5-7-11-16(14)24-18;1-19(2,3)14-11-12-16-17(18(14)20(4,5)6)13-9-7-8-10-15(13)21-16;1-16(2,3)13-9-6-8-12-11-7-4-5-10-14(11)17-15(12)13/h4-20H,1-3H3;7-17H,1-6H3;2*4-12H,1-3H3;7-12H,1-6H3;4-10H,1-3H3. The molecule has 0 saturated heterocycles. The van der Waals surface area contributed by atoms with Crippen molar-refractivity contribution in [2.75, 3.05) is 0 Å². The zero-order chi connectivity index (χ0) is 104. The maximum Gasteiger partial charge on any atom is 0.142 e. The summed E-state index contributed by atoms with van der Waals surface area (Å²) in [7, 11) is 0. The molecule has 0 spiro atoms. The lowest BCUT2D eigenvalue weighted by Crippen LogP contribution is -2.22. The maximum absolute atomic E-state index is 6.51. The van der Waals surface area contributed by atoms with E-state index in [-0.39, 0.29) is 43.3 Å². The highest BCUT2D eigenvalue weighted by Gasteiger charge is 2.36. The highest BCUT2D eigenvalue weighted by atomic mass is 16.4. The van der Waals surface area contributed by atoms with Crippen molar-refractivity contribution < 1.29 is 35.3 Å². The van der Waals surface area contributed by atoms with Gasteiger partial charge < -0.3 is 39.9 Å². The van der Waals surface area contributed by atoms with Crippen molar-refractivity contribution in [2.45, 2.75) is 209 Å². The molecule has 0 aliphatic rings. The van der Waals surface area contributed by atoms with Gasteiger partial charge in [0, 0.05) is 126 Å². The third-order valence-corrected chi connectivity index (χ3v) is 29.4. The van der Waals surface area contributed by atoms with Gasteiger partial charge in [-0.25, -0.2) is 0 Å². The zero-order valence-corrected chi connectivity index (χ0v) is 90.3. The summed E-state index contributed by atoms with van der Waals surface area (Å²) in [6, 6.07) is 125. The van der Waals surface area contributed by atoms with Crippen molar-refractivity contribution in [3.8, 4) is 27.9 Å². The molecular weight excluding hydrogens is 1820 g/mol. The van der Waals surface area contributed by atoms with Gasteiger partial charge in [0.1, 0.15) is 89.3 Å². The monoisotopic (exact) mass is 1950 g/mol. The first-order valence-corrected chi connectivity index (χ1v) is 52.5. The Morgan fingerprint density at radius 2 is 0.450 bits per heavy atom. The summed E-state index contributed by atoms with van der Waals surface area (Å²) in [6.07, 6.45) is 0. The summed E-state index contributed by atoms with van der Waals surface area (Å²) < 4.78 is 52.3. The molecule has 0 bridgehead atoms. The molecule has 18 aromatic carbocycles. The van der Waals surface area contributed by atoms with Gasteiger partial charge in [-0.3, -0.25) is 0 Å². The van der Waals surface area contributed by atoms with Crippen molar-refractivity contribution in [3.63, 3.8) is 0 Å². The molecule has 9 aromatic heterocycles. The van der Waals surface area contributed by atoms with Crippen LogP contribution in [0, 0.1) is 0 Å². The second-order valence-electron chi connectivity index (χ2n) is 48.5. The first-order valence-electron chi connectivity index (χ1n) is 52.5. The van der Waals surface area contributed by atoms with Crippen LogP contribution in [0.25, 0.3) is 225 Å². The first kappa shape index (κ1) is 97.9. The summed E-state index contributed by atoms with van der Waals surface area (Å²) >= 11 is 0. The van der Waals surface area contributed by atoms with E-state index in [1.165, 1.54) is 143 Å². The molecule has 0 fully saturated rings. The van der Waals surface area contributed by atoms with E-state index in [2.05, 4.69) is 456 Å². The fraction of sp³-hybridized carbons (Fsp3) is 0.229. The lowest BCUT2D eigenvalue weighted by atomic mass is 9.73. The van der Waals surface area contributed by atoms with Crippen molar-refractivity contribution in [1.29, 1.82) is 0 Å². The van der Waals surface area contributed by atoms with Crippen LogP contribution in [0.3, 0.4) is 0 Å². The van der Waals surface area contributed by atoms with E-state index in [0.29, 0.717) is 0 Å². The van der Waals surface area contributed by atoms with Crippen LogP contribution in [0.5, 0.6) is 0 Å². The second kappa shape index (κ2) is 36.6. The number of rotatable bonds is 3. The summed E-state index contributed by atoms with van der Waals surface area (Å²) in [5.74, 6) is 0. The molecule has 27 aromatic rings. The molecule has 9 heterocycles. The summed E-state index contributed by atoms with van der Waals surface area (Å²) in [5, 5.41) is 21.7. The summed E-state index contributed by atoms with van der Waals surface area (Å²) in [4.78, 5) is 0. The Morgan fingerprint density at radius 3 is 0.866 bits per heavy atom. The Bertz CT molecular complexity index is 9510. The van der Waals surface area contributed by atoms with Crippen LogP contribution in [0.2, 0.25) is 0 Å². The third-order valence-electron chi connectivity index (χ3n) is 29.4. The predicted octanol–water partition coefficient (Wildman–Crippen LogP) is 42.1. The van der Waals surface area contributed by atoms with E-state index in [1.807, 2.05) is 72.8 Å². The Labute approximate surface area is 871 Å². The molecule has 0 aliphatic heterocycles. The molecule has 0 aliphatic carbocycles. The molecule has 9 nitrogen and oxygen atoms in total. The number of furan rings is 8. The number of nitrogens with zero attached hydrogens (tertiary/aromatic N) is 1. The van der Waals surface area contributed by atoms with E-state index in [0.717, 1.165) is 127 Å². The van der Waals surface area contributed by atoms with Crippen LogP contribution < -0.4 is 0 Å². The van der Waals surface area contributed by atoms with Gasteiger partial charge in [0.05, 0.1) is 11.0 Å². The Morgan fingerprint density at radius 1 is 0.154 bits per heavy atom. The Hall–Kier alpha value is -15.8. The molecule has 0 radical (unpaired) electrons. The van der Waals surface area contributed by atoms with Gasteiger partial charge >= 0.3 is 0 Å². The number of fused-ring (bicyclic) bond motifs is 27. The molecule has 27 rings (SSSR count). The van der Waals surface area contributed by atoms with Gasteiger partial charge in [-0.05, 0) is 184 Å². The van der Waals surface area contributed by atoms with Gasteiger partial charge in [0.25, 0.3) is 0 Å². The minimum Gasteiger partial charge on any atom is -0.456 e. The van der Waals surface area contributed by atoms with Crippen molar-refractivity contribution in [1.82, 2.24) is 4.57 Å². The number of para-hydroxylation sites is 9. The molecule has 0 unspecified atom stereocenters. The number of hydrogen-bond donors (Lipinski definition) is 0. The lowest BCUT2D eigenvalue weighted by Gasteiger charge is -2.31. The predicted molar refractivity (Wildman–Crippen MR) is 632 cm³/mol. The van der Waals surface area contributed by atoms with Gasteiger partial charge in [-0.1, -0.05) is 427 Å².